The first-order valence-corrected chi connectivity index (χ1v) is 13.0. The van der Waals surface area contributed by atoms with Crippen molar-refractivity contribution in [3.8, 4) is 22.8 Å². The zero-order valence-electron chi connectivity index (χ0n) is 21.5. The van der Waals surface area contributed by atoms with E-state index in [4.69, 9.17) is 19.0 Å². The molecule has 6 rings (SSSR count). The summed E-state index contributed by atoms with van der Waals surface area (Å²) in [4.78, 5) is 13.1. The van der Waals surface area contributed by atoms with Gasteiger partial charge < -0.3 is 19.0 Å². The van der Waals surface area contributed by atoms with E-state index in [-0.39, 0.29) is 12.0 Å². The van der Waals surface area contributed by atoms with E-state index < -0.39 is 5.79 Å². The van der Waals surface area contributed by atoms with E-state index in [9.17, 15) is 4.79 Å². The molecule has 0 radical (unpaired) electrons. The second-order valence-corrected chi connectivity index (χ2v) is 8.82. The Morgan fingerprint density at radius 3 is 2.00 bits per heavy atom. The lowest BCUT2D eigenvalue weighted by molar-refractivity contribution is -0.0456. The lowest BCUT2D eigenvalue weighted by Gasteiger charge is -2.28. The van der Waals surface area contributed by atoms with Crippen molar-refractivity contribution >= 4 is 11.0 Å². The summed E-state index contributed by atoms with van der Waals surface area (Å²) >= 11 is 0. The fraction of sp³-hybridized carbons (Fsp3) is 0.182. The van der Waals surface area contributed by atoms with Crippen LogP contribution in [0.5, 0.6) is 11.5 Å². The summed E-state index contributed by atoms with van der Waals surface area (Å²) in [5.41, 5.74) is 3.77. The molecule has 192 valence electrons. The third-order valence-corrected chi connectivity index (χ3v) is 6.48. The second-order valence-electron chi connectivity index (χ2n) is 8.82. The summed E-state index contributed by atoms with van der Waals surface area (Å²) < 4.78 is 19.4. The second kappa shape index (κ2) is 11.0. The molecule has 1 aliphatic rings. The Balaban J connectivity index is 0.00000144. The van der Waals surface area contributed by atoms with E-state index in [0.29, 0.717) is 34.6 Å². The molecule has 5 heteroatoms. The minimum Gasteiger partial charge on any atom is -0.452 e. The molecule has 0 aliphatic carbocycles. The molecule has 5 aromatic rings. The molecule has 2 heterocycles. The molecule has 0 amide bonds. The lowest BCUT2D eigenvalue weighted by atomic mass is 9.97. The molecule has 0 spiro atoms. The van der Waals surface area contributed by atoms with Crippen molar-refractivity contribution in [3.05, 3.63) is 130 Å². The van der Waals surface area contributed by atoms with Crippen LogP contribution >= 0.6 is 0 Å². The van der Waals surface area contributed by atoms with Gasteiger partial charge in [-0.15, -0.1) is 0 Å². The van der Waals surface area contributed by atoms with Gasteiger partial charge in [0.2, 0.25) is 5.75 Å². The lowest BCUT2D eigenvalue weighted by Crippen LogP contribution is -2.36. The number of benzene rings is 4. The van der Waals surface area contributed by atoms with Gasteiger partial charge in [-0.3, -0.25) is 4.79 Å². The highest BCUT2D eigenvalue weighted by Gasteiger charge is 2.46. The maximum absolute atomic E-state index is 13.1. The number of fused-ring (bicyclic) bond motifs is 3. The van der Waals surface area contributed by atoms with Crippen LogP contribution in [0.4, 0.5) is 0 Å². The molecule has 0 saturated carbocycles. The number of aryl methyl sites for hydroxylation is 1. The van der Waals surface area contributed by atoms with Crippen LogP contribution in [0.15, 0.2) is 112 Å². The minimum atomic E-state index is -1.21. The van der Waals surface area contributed by atoms with Crippen LogP contribution in [0.1, 0.15) is 37.0 Å². The summed E-state index contributed by atoms with van der Waals surface area (Å²) in [5, 5.41) is 9.51. The van der Waals surface area contributed by atoms with E-state index in [1.165, 1.54) is 6.07 Å². The van der Waals surface area contributed by atoms with Crippen molar-refractivity contribution in [1.29, 1.82) is 0 Å². The molecule has 5 nitrogen and oxygen atoms in total. The molecule has 38 heavy (non-hydrogen) atoms. The van der Waals surface area contributed by atoms with Gasteiger partial charge in [-0.05, 0) is 30.5 Å². The van der Waals surface area contributed by atoms with Crippen LogP contribution < -0.4 is 14.9 Å². The van der Waals surface area contributed by atoms with E-state index in [1.807, 2.05) is 98.8 Å². The summed E-state index contributed by atoms with van der Waals surface area (Å²) in [6, 6.07) is 32.3. The summed E-state index contributed by atoms with van der Waals surface area (Å²) in [5.74, 6) is 0.158. The van der Waals surface area contributed by atoms with Crippen LogP contribution in [0.2, 0.25) is 0 Å². The van der Waals surface area contributed by atoms with Crippen LogP contribution in [0, 0.1) is 0 Å². The van der Waals surface area contributed by atoms with Crippen molar-refractivity contribution in [1.82, 2.24) is 0 Å². The molecule has 1 aliphatic heterocycles. The topological polar surface area (TPSA) is 68.9 Å². The van der Waals surface area contributed by atoms with E-state index in [1.54, 1.807) is 12.1 Å². The Morgan fingerprint density at radius 2 is 1.39 bits per heavy atom. The molecule has 1 N–H and O–H groups in total. The van der Waals surface area contributed by atoms with Gasteiger partial charge in [-0.2, -0.15) is 0 Å². The van der Waals surface area contributed by atoms with Crippen molar-refractivity contribution in [2.24, 2.45) is 0 Å². The number of aliphatic hydroxyl groups excluding tert-OH is 1. The molecule has 1 aromatic heterocycles. The van der Waals surface area contributed by atoms with E-state index in [2.05, 4.69) is 0 Å². The van der Waals surface area contributed by atoms with Gasteiger partial charge in [0.15, 0.2) is 16.8 Å². The Morgan fingerprint density at radius 1 is 0.763 bits per heavy atom. The van der Waals surface area contributed by atoms with Crippen molar-refractivity contribution in [2.75, 3.05) is 6.61 Å². The molecular formula is C33H30O5. The monoisotopic (exact) mass is 506 g/mol. The maximum Gasteiger partial charge on any atom is 0.305 e. The zero-order valence-corrected chi connectivity index (χ0v) is 21.5. The molecule has 0 bridgehead atoms. The number of hydrogen-bond donors (Lipinski definition) is 1. The number of aliphatic hydroxyl groups is 1. The fourth-order valence-corrected chi connectivity index (χ4v) is 4.65. The van der Waals surface area contributed by atoms with Gasteiger partial charge in [0.25, 0.3) is 0 Å². The van der Waals surface area contributed by atoms with Gasteiger partial charge in [-0.25, -0.2) is 0 Å². The summed E-state index contributed by atoms with van der Waals surface area (Å²) in [7, 11) is 0. The maximum atomic E-state index is 13.1. The van der Waals surface area contributed by atoms with Crippen molar-refractivity contribution < 1.29 is 19.0 Å². The van der Waals surface area contributed by atoms with Crippen molar-refractivity contribution in [3.63, 3.8) is 0 Å². The van der Waals surface area contributed by atoms with Gasteiger partial charge >= 0.3 is 5.79 Å². The quantitative estimate of drug-likeness (QED) is 0.266. The highest BCUT2D eigenvalue weighted by Crippen LogP contribution is 2.50. The predicted molar refractivity (Wildman–Crippen MR) is 150 cm³/mol. The van der Waals surface area contributed by atoms with Crippen LogP contribution in [-0.4, -0.2) is 11.7 Å². The van der Waals surface area contributed by atoms with Crippen molar-refractivity contribution in [2.45, 2.75) is 32.5 Å². The minimum absolute atomic E-state index is 0.154. The number of hydrogen-bond acceptors (Lipinski definition) is 5. The Hall–Kier alpha value is -4.35. The average Bonchev–Trinajstić information content (AvgIpc) is 3.40. The van der Waals surface area contributed by atoms with E-state index in [0.717, 1.165) is 28.7 Å². The first-order valence-electron chi connectivity index (χ1n) is 13.0. The Labute approximate surface area is 221 Å². The summed E-state index contributed by atoms with van der Waals surface area (Å²) in [6.45, 7) is 4.15. The molecule has 0 fully saturated rings. The normalized spacial score (nSPS) is 13.1. The average molecular weight is 507 g/mol. The largest absolute Gasteiger partial charge is 0.452 e. The molecular weight excluding hydrogens is 476 g/mol. The Kier molecular flexibility index (Phi) is 7.29. The van der Waals surface area contributed by atoms with Crippen LogP contribution in [0.3, 0.4) is 0 Å². The van der Waals surface area contributed by atoms with Gasteiger partial charge in [-0.1, -0.05) is 98.8 Å². The fourth-order valence-electron chi connectivity index (χ4n) is 4.65. The third-order valence-electron chi connectivity index (χ3n) is 6.48. The number of ether oxygens (including phenoxy) is 2. The molecule has 0 atom stereocenters. The molecule has 0 unspecified atom stereocenters. The predicted octanol–water partition coefficient (Wildman–Crippen LogP) is 7.08. The number of rotatable bonds is 6. The highest BCUT2D eigenvalue weighted by molar-refractivity contribution is 5.87. The molecule has 4 aromatic carbocycles. The van der Waals surface area contributed by atoms with Crippen LogP contribution in [0.25, 0.3) is 22.3 Å². The Bertz CT molecular complexity index is 1530. The van der Waals surface area contributed by atoms with Crippen LogP contribution in [-0.2, 0) is 12.2 Å². The first kappa shape index (κ1) is 25.3. The smallest absolute Gasteiger partial charge is 0.305 e. The standard InChI is InChI=1S/C31H24O5.C2H6/c32-19-7-8-21-13-15-22(16-14-21)28-20-26(33)25-17-18-27-30(29(25)34-28)36-31(35-27,23-9-3-1-4-10-23)24-11-5-2-6-12-24;1-2/h1-6,9-18,20,32H,7-8,19H2;1-2H3. The van der Waals surface area contributed by atoms with Gasteiger partial charge in [0.1, 0.15) is 5.76 Å². The highest BCUT2D eigenvalue weighted by atomic mass is 16.7. The van der Waals surface area contributed by atoms with Gasteiger partial charge in [0.05, 0.1) is 5.39 Å². The summed E-state index contributed by atoms with van der Waals surface area (Å²) in [6.07, 6.45) is 1.50. The van der Waals surface area contributed by atoms with Gasteiger partial charge in [0, 0.05) is 29.4 Å². The SMILES string of the molecule is CC.O=c1cc(-c2ccc(CCCO)cc2)oc2c3c(ccc12)OC(c1ccccc1)(c1ccccc1)O3. The third kappa shape index (κ3) is 4.57. The zero-order chi connectivity index (χ0) is 26.5. The molecule has 0 saturated heterocycles. The van der Waals surface area contributed by atoms with E-state index >= 15 is 0 Å². The first-order chi connectivity index (χ1) is 18.7.